The lowest BCUT2D eigenvalue weighted by molar-refractivity contribution is -0.139. The topological polar surface area (TPSA) is 0 Å². The summed E-state index contributed by atoms with van der Waals surface area (Å²) < 4.78 is 52.8. The van der Waals surface area contributed by atoms with Gasteiger partial charge in [-0.2, -0.15) is 13.2 Å². The third-order valence-corrected chi connectivity index (χ3v) is 7.15. The van der Waals surface area contributed by atoms with Gasteiger partial charge in [0.05, 0.1) is 5.56 Å². The molecule has 2 aromatic rings. The SMILES string of the molecule is CCC[C@@H]1CC[C@@H]2CC(c3ccc4cc(C(F)(F)F)c(F)cc4c3)CCC2C1. The number of halogens is 4. The van der Waals surface area contributed by atoms with Crippen molar-refractivity contribution in [3.05, 3.63) is 47.3 Å². The fraction of sp³-hybridized carbons (Fsp3) is 0.583. The molecule has 2 fully saturated rings. The quantitative estimate of drug-likeness (QED) is 0.463. The van der Waals surface area contributed by atoms with E-state index in [2.05, 4.69) is 6.92 Å². The molecule has 152 valence electrons. The van der Waals surface area contributed by atoms with Crippen molar-refractivity contribution < 1.29 is 17.6 Å². The summed E-state index contributed by atoms with van der Waals surface area (Å²) in [7, 11) is 0. The van der Waals surface area contributed by atoms with Crippen molar-refractivity contribution in [3.63, 3.8) is 0 Å². The van der Waals surface area contributed by atoms with Crippen molar-refractivity contribution in [2.75, 3.05) is 0 Å². The fourth-order valence-corrected chi connectivity index (χ4v) is 5.72. The molecule has 0 spiro atoms. The minimum Gasteiger partial charge on any atom is -0.206 e. The first-order valence-corrected chi connectivity index (χ1v) is 10.7. The summed E-state index contributed by atoms with van der Waals surface area (Å²) in [5.74, 6) is 1.77. The summed E-state index contributed by atoms with van der Waals surface area (Å²) >= 11 is 0. The Kier molecular flexibility index (Phi) is 5.41. The maximum absolute atomic E-state index is 14.0. The first-order valence-electron chi connectivity index (χ1n) is 10.7. The van der Waals surface area contributed by atoms with Crippen LogP contribution >= 0.6 is 0 Å². The number of hydrogen-bond acceptors (Lipinski definition) is 0. The Balaban J connectivity index is 1.52. The Morgan fingerprint density at radius 2 is 1.64 bits per heavy atom. The Morgan fingerprint density at radius 1 is 0.893 bits per heavy atom. The lowest BCUT2D eigenvalue weighted by Crippen LogP contribution is -2.30. The van der Waals surface area contributed by atoms with Crippen molar-refractivity contribution in [3.8, 4) is 0 Å². The van der Waals surface area contributed by atoms with E-state index in [1.54, 1.807) is 6.07 Å². The molecule has 0 saturated heterocycles. The average Bonchev–Trinajstić information content (AvgIpc) is 2.66. The average molecular weight is 392 g/mol. The zero-order chi connectivity index (χ0) is 19.9. The lowest BCUT2D eigenvalue weighted by atomic mass is 9.63. The number of benzene rings is 2. The van der Waals surface area contributed by atoms with E-state index in [-0.39, 0.29) is 0 Å². The third kappa shape index (κ3) is 3.92. The summed E-state index contributed by atoms with van der Waals surface area (Å²) in [5, 5.41) is 1.02. The highest BCUT2D eigenvalue weighted by atomic mass is 19.4. The fourth-order valence-electron chi connectivity index (χ4n) is 5.72. The van der Waals surface area contributed by atoms with Crippen LogP contribution in [0.25, 0.3) is 10.8 Å². The molecular formula is C24H28F4. The molecule has 0 nitrogen and oxygen atoms in total. The molecule has 4 rings (SSSR count). The van der Waals surface area contributed by atoms with Crippen LogP contribution in [0, 0.1) is 23.6 Å². The van der Waals surface area contributed by atoms with Gasteiger partial charge in [-0.25, -0.2) is 4.39 Å². The molecule has 0 radical (unpaired) electrons. The molecular weight excluding hydrogens is 364 g/mol. The van der Waals surface area contributed by atoms with Crippen LogP contribution in [0.15, 0.2) is 30.3 Å². The van der Waals surface area contributed by atoms with Gasteiger partial charge in [-0.05, 0) is 84.2 Å². The van der Waals surface area contributed by atoms with Crippen molar-refractivity contribution in [1.82, 2.24) is 0 Å². The van der Waals surface area contributed by atoms with Crippen LogP contribution in [0.5, 0.6) is 0 Å². The summed E-state index contributed by atoms with van der Waals surface area (Å²) in [6.07, 6.45) is 5.52. The molecule has 2 aliphatic carbocycles. The van der Waals surface area contributed by atoms with Crippen LogP contribution in [0.2, 0.25) is 0 Å². The highest BCUT2D eigenvalue weighted by Gasteiger charge is 2.36. The van der Waals surface area contributed by atoms with Crippen LogP contribution in [0.3, 0.4) is 0 Å². The van der Waals surface area contributed by atoms with E-state index in [4.69, 9.17) is 0 Å². The molecule has 2 unspecified atom stereocenters. The van der Waals surface area contributed by atoms with Gasteiger partial charge in [0.1, 0.15) is 5.82 Å². The van der Waals surface area contributed by atoms with Crippen LogP contribution < -0.4 is 0 Å². The second-order valence-electron chi connectivity index (χ2n) is 8.93. The summed E-state index contributed by atoms with van der Waals surface area (Å²) in [6.45, 7) is 2.27. The normalized spacial score (nSPS) is 28.3. The number of alkyl halides is 3. The van der Waals surface area contributed by atoms with Gasteiger partial charge in [-0.15, -0.1) is 0 Å². The van der Waals surface area contributed by atoms with E-state index in [1.807, 2.05) is 12.1 Å². The smallest absolute Gasteiger partial charge is 0.206 e. The van der Waals surface area contributed by atoms with Crippen LogP contribution in [-0.4, -0.2) is 0 Å². The monoisotopic (exact) mass is 392 g/mol. The zero-order valence-corrected chi connectivity index (χ0v) is 16.4. The van der Waals surface area contributed by atoms with Gasteiger partial charge in [0.15, 0.2) is 0 Å². The minimum atomic E-state index is -4.66. The Bertz CT molecular complexity index is 838. The molecule has 0 bridgehead atoms. The summed E-state index contributed by atoms with van der Waals surface area (Å²) in [6, 6.07) is 7.56. The van der Waals surface area contributed by atoms with Gasteiger partial charge in [-0.1, -0.05) is 44.4 Å². The molecule has 28 heavy (non-hydrogen) atoms. The van der Waals surface area contributed by atoms with Crippen molar-refractivity contribution in [1.29, 1.82) is 0 Å². The van der Waals surface area contributed by atoms with E-state index in [1.165, 1.54) is 38.5 Å². The molecule has 2 saturated carbocycles. The maximum atomic E-state index is 14.0. The third-order valence-electron chi connectivity index (χ3n) is 7.15. The Labute approximate surface area is 164 Å². The molecule has 0 aliphatic heterocycles. The predicted octanol–water partition coefficient (Wildman–Crippen LogP) is 8.10. The van der Waals surface area contributed by atoms with Gasteiger partial charge in [0.25, 0.3) is 0 Å². The second kappa shape index (κ2) is 7.68. The molecule has 4 heteroatoms. The number of hydrogen-bond donors (Lipinski definition) is 0. The largest absolute Gasteiger partial charge is 0.419 e. The maximum Gasteiger partial charge on any atom is 0.419 e. The molecule has 0 heterocycles. The number of rotatable bonds is 3. The van der Waals surface area contributed by atoms with E-state index < -0.39 is 17.6 Å². The second-order valence-corrected chi connectivity index (χ2v) is 8.93. The van der Waals surface area contributed by atoms with E-state index >= 15 is 0 Å². The summed E-state index contributed by atoms with van der Waals surface area (Å²) in [5.41, 5.74) is -0.0297. The Morgan fingerprint density at radius 3 is 2.39 bits per heavy atom. The summed E-state index contributed by atoms with van der Waals surface area (Å²) in [4.78, 5) is 0. The standard InChI is InChI=1S/C24H28F4/c1-2-3-15-4-5-17-11-18(7-6-16(17)10-15)19-8-9-20-13-22(24(26,27)28)23(25)14-21(20)12-19/h8-9,12-18H,2-7,10-11H2,1H3/t15-,16?,17-,18?/m1/s1. The van der Waals surface area contributed by atoms with Crippen LogP contribution in [0.4, 0.5) is 17.6 Å². The van der Waals surface area contributed by atoms with Crippen LogP contribution in [0.1, 0.15) is 75.3 Å². The lowest BCUT2D eigenvalue weighted by Gasteiger charge is -2.42. The predicted molar refractivity (Wildman–Crippen MR) is 105 cm³/mol. The van der Waals surface area contributed by atoms with Gasteiger partial charge in [0, 0.05) is 0 Å². The molecule has 2 aliphatic rings. The number of fused-ring (bicyclic) bond motifs is 2. The van der Waals surface area contributed by atoms with E-state index in [0.29, 0.717) is 16.7 Å². The van der Waals surface area contributed by atoms with Gasteiger partial charge < -0.3 is 0 Å². The molecule has 0 amide bonds. The molecule has 2 aromatic carbocycles. The molecule has 0 N–H and O–H groups in total. The van der Waals surface area contributed by atoms with Crippen LogP contribution in [-0.2, 0) is 6.18 Å². The van der Waals surface area contributed by atoms with E-state index in [9.17, 15) is 17.6 Å². The van der Waals surface area contributed by atoms with Gasteiger partial charge in [-0.3, -0.25) is 0 Å². The zero-order valence-electron chi connectivity index (χ0n) is 16.4. The first-order chi connectivity index (χ1) is 13.3. The minimum absolute atomic E-state index is 0.443. The van der Waals surface area contributed by atoms with Gasteiger partial charge >= 0.3 is 6.18 Å². The van der Waals surface area contributed by atoms with Gasteiger partial charge in [0.2, 0.25) is 0 Å². The van der Waals surface area contributed by atoms with Crippen molar-refractivity contribution >= 4 is 10.8 Å². The Hall–Kier alpha value is -1.58. The van der Waals surface area contributed by atoms with E-state index in [0.717, 1.165) is 48.3 Å². The molecule has 4 atom stereocenters. The molecule has 0 aromatic heterocycles. The first kappa shape index (κ1) is 19.7. The van der Waals surface area contributed by atoms with Crippen molar-refractivity contribution in [2.45, 2.75) is 70.4 Å². The highest BCUT2D eigenvalue weighted by Crippen LogP contribution is 2.48. The highest BCUT2D eigenvalue weighted by molar-refractivity contribution is 5.84. The van der Waals surface area contributed by atoms with Crippen molar-refractivity contribution in [2.24, 2.45) is 17.8 Å².